The van der Waals surface area contributed by atoms with Gasteiger partial charge in [0.1, 0.15) is 12.0 Å². The first-order chi connectivity index (χ1) is 14.0. The van der Waals surface area contributed by atoms with Gasteiger partial charge in [0.2, 0.25) is 11.9 Å². The van der Waals surface area contributed by atoms with E-state index in [1.54, 1.807) is 42.6 Å². The van der Waals surface area contributed by atoms with Crippen molar-refractivity contribution in [3.05, 3.63) is 70.5 Å². The third kappa shape index (κ3) is 5.45. The Bertz CT molecular complexity index is 991. The number of hydrogen-bond acceptors (Lipinski definition) is 8. The first-order valence-corrected chi connectivity index (χ1v) is 8.84. The number of nitrogens with zero attached hydrogens (tertiary/aromatic N) is 4. The van der Waals surface area contributed by atoms with Crippen LogP contribution in [0.2, 0.25) is 0 Å². The number of nitrogens with two attached hydrogens (primary N) is 1. The summed E-state index contributed by atoms with van der Waals surface area (Å²) in [5.41, 5.74) is 7.23. The molecule has 0 bridgehead atoms. The average Bonchev–Trinajstić information content (AvgIpc) is 2.74. The summed E-state index contributed by atoms with van der Waals surface area (Å²) < 4.78 is 0. The molecule has 0 aliphatic carbocycles. The highest BCUT2D eigenvalue weighted by molar-refractivity contribution is 5.93. The van der Waals surface area contributed by atoms with E-state index in [0.29, 0.717) is 30.4 Å². The molecule has 29 heavy (non-hydrogen) atoms. The highest BCUT2D eigenvalue weighted by Crippen LogP contribution is 2.18. The van der Waals surface area contributed by atoms with Gasteiger partial charge in [0.15, 0.2) is 0 Å². The van der Waals surface area contributed by atoms with Gasteiger partial charge in [0, 0.05) is 36.5 Å². The second kappa shape index (κ2) is 9.22. The summed E-state index contributed by atoms with van der Waals surface area (Å²) in [4.78, 5) is 33.9. The third-order valence-electron chi connectivity index (χ3n) is 4.02. The van der Waals surface area contributed by atoms with Crippen LogP contribution in [0.4, 0.5) is 17.5 Å². The van der Waals surface area contributed by atoms with Gasteiger partial charge in [-0.05, 0) is 30.7 Å². The van der Waals surface area contributed by atoms with Gasteiger partial charge in [-0.15, -0.1) is 0 Å². The minimum atomic E-state index is -0.485. The number of nitro groups is 1. The first kappa shape index (κ1) is 19.7. The van der Waals surface area contributed by atoms with Crippen LogP contribution in [0.5, 0.6) is 0 Å². The minimum Gasteiger partial charge on any atom is -0.370 e. The van der Waals surface area contributed by atoms with Crippen molar-refractivity contribution in [2.75, 3.05) is 23.7 Å². The number of benzene rings is 1. The molecule has 10 nitrogen and oxygen atoms in total. The number of carbonyl (C=O) groups is 1. The monoisotopic (exact) mass is 393 g/mol. The molecular weight excluding hydrogens is 374 g/mol. The number of rotatable bonds is 9. The SMILES string of the molecule is NC(=O)c1ccc(-c2ccnc(NCCCNc3ccc([N+](=O)[O-])cn3)n2)cc1. The van der Waals surface area contributed by atoms with Crippen LogP contribution in [-0.4, -0.2) is 38.9 Å². The van der Waals surface area contributed by atoms with Crippen LogP contribution in [0.15, 0.2) is 54.9 Å². The van der Waals surface area contributed by atoms with Gasteiger partial charge in [-0.25, -0.2) is 15.0 Å². The van der Waals surface area contributed by atoms with Crippen LogP contribution < -0.4 is 16.4 Å². The van der Waals surface area contributed by atoms with Crippen molar-refractivity contribution in [1.29, 1.82) is 0 Å². The molecule has 0 saturated heterocycles. The van der Waals surface area contributed by atoms with E-state index in [1.165, 1.54) is 12.3 Å². The number of amides is 1. The van der Waals surface area contributed by atoms with Gasteiger partial charge in [-0.2, -0.15) is 0 Å². The lowest BCUT2D eigenvalue weighted by molar-refractivity contribution is -0.385. The maximum absolute atomic E-state index is 11.2. The second-order valence-corrected chi connectivity index (χ2v) is 6.07. The molecule has 0 aliphatic heterocycles. The predicted octanol–water partition coefficient (Wildman–Crippen LogP) is 2.46. The molecule has 2 heterocycles. The number of anilines is 2. The molecule has 0 radical (unpaired) electrons. The van der Waals surface area contributed by atoms with Gasteiger partial charge in [-0.3, -0.25) is 14.9 Å². The third-order valence-corrected chi connectivity index (χ3v) is 4.02. The molecule has 4 N–H and O–H groups in total. The van der Waals surface area contributed by atoms with E-state index in [4.69, 9.17) is 5.73 Å². The summed E-state index contributed by atoms with van der Waals surface area (Å²) in [6, 6.07) is 11.6. The normalized spacial score (nSPS) is 10.3. The molecule has 0 fully saturated rings. The first-order valence-electron chi connectivity index (χ1n) is 8.84. The second-order valence-electron chi connectivity index (χ2n) is 6.07. The Balaban J connectivity index is 1.48. The van der Waals surface area contributed by atoms with Crippen molar-refractivity contribution in [2.24, 2.45) is 5.73 Å². The van der Waals surface area contributed by atoms with Gasteiger partial charge in [-0.1, -0.05) is 12.1 Å². The van der Waals surface area contributed by atoms with E-state index in [9.17, 15) is 14.9 Å². The Kier molecular flexibility index (Phi) is 6.25. The fourth-order valence-corrected chi connectivity index (χ4v) is 2.51. The molecule has 3 rings (SSSR count). The molecule has 0 aliphatic rings. The molecular formula is C19H19N7O3. The van der Waals surface area contributed by atoms with Gasteiger partial charge < -0.3 is 16.4 Å². The Morgan fingerprint density at radius 1 is 1.03 bits per heavy atom. The van der Waals surface area contributed by atoms with E-state index in [-0.39, 0.29) is 5.69 Å². The Hall–Kier alpha value is -4.08. The zero-order valence-corrected chi connectivity index (χ0v) is 15.4. The fourth-order valence-electron chi connectivity index (χ4n) is 2.51. The molecule has 3 aromatic rings. The van der Waals surface area contributed by atoms with E-state index in [1.807, 2.05) is 0 Å². The maximum Gasteiger partial charge on any atom is 0.287 e. The van der Waals surface area contributed by atoms with Gasteiger partial charge >= 0.3 is 0 Å². The van der Waals surface area contributed by atoms with Crippen LogP contribution in [0.25, 0.3) is 11.3 Å². The highest BCUT2D eigenvalue weighted by atomic mass is 16.6. The molecule has 10 heteroatoms. The Morgan fingerprint density at radius 2 is 1.79 bits per heavy atom. The van der Waals surface area contributed by atoms with Crippen molar-refractivity contribution >= 4 is 23.4 Å². The maximum atomic E-state index is 11.2. The van der Waals surface area contributed by atoms with Crippen molar-refractivity contribution in [2.45, 2.75) is 6.42 Å². The van der Waals surface area contributed by atoms with E-state index >= 15 is 0 Å². The number of nitrogens with one attached hydrogen (secondary N) is 2. The summed E-state index contributed by atoms with van der Waals surface area (Å²) in [6.07, 6.45) is 3.64. The number of pyridine rings is 1. The lowest BCUT2D eigenvalue weighted by atomic mass is 10.1. The zero-order chi connectivity index (χ0) is 20.6. The lowest BCUT2D eigenvalue weighted by Gasteiger charge is -2.08. The summed E-state index contributed by atoms with van der Waals surface area (Å²) in [5.74, 6) is 0.599. The molecule has 1 aromatic carbocycles. The summed E-state index contributed by atoms with van der Waals surface area (Å²) in [6.45, 7) is 1.26. The van der Waals surface area contributed by atoms with E-state index in [0.717, 1.165) is 17.7 Å². The van der Waals surface area contributed by atoms with Crippen LogP contribution in [-0.2, 0) is 0 Å². The molecule has 0 saturated carbocycles. The quantitative estimate of drug-likeness (QED) is 0.285. The molecule has 0 spiro atoms. The van der Waals surface area contributed by atoms with Gasteiger partial charge in [0.05, 0.1) is 10.6 Å². The smallest absolute Gasteiger partial charge is 0.287 e. The Morgan fingerprint density at radius 3 is 2.45 bits per heavy atom. The number of aromatic nitrogens is 3. The van der Waals surface area contributed by atoms with Crippen LogP contribution in [0.1, 0.15) is 16.8 Å². The van der Waals surface area contributed by atoms with Crippen molar-refractivity contribution in [1.82, 2.24) is 15.0 Å². The fraction of sp³-hybridized carbons (Fsp3) is 0.158. The van der Waals surface area contributed by atoms with Crippen LogP contribution in [0, 0.1) is 10.1 Å². The van der Waals surface area contributed by atoms with Crippen LogP contribution in [0.3, 0.4) is 0 Å². The molecule has 0 atom stereocenters. The summed E-state index contributed by atoms with van der Waals surface area (Å²) in [7, 11) is 0. The van der Waals surface area contributed by atoms with Crippen LogP contribution >= 0.6 is 0 Å². The standard InChI is InChI=1S/C19H19N7O3/c20-18(27)14-4-2-13(3-5-14)16-8-11-23-19(25-16)22-10-1-9-21-17-7-6-15(12-24-17)26(28)29/h2-8,11-12H,1,9-10H2,(H2,20,27)(H,21,24)(H,22,23,25). The lowest BCUT2D eigenvalue weighted by Crippen LogP contribution is -2.11. The van der Waals surface area contributed by atoms with Crippen molar-refractivity contribution < 1.29 is 9.72 Å². The molecule has 1 amide bonds. The predicted molar refractivity (Wildman–Crippen MR) is 108 cm³/mol. The Labute approximate surface area is 166 Å². The average molecular weight is 393 g/mol. The topological polar surface area (TPSA) is 149 Å². The van der Waals surface area contributed by atoms with Crippen molar-refractivity contribution in [3.8, 4) is 11.3 Å². The zero-order valence-electron chi connectivity index (χ0n) is 15.4. The number of hydrogen-bond donors (Lipinski definition) is 3. The number of carbonyl (C=O) groups excluding carboxylic acids is 1. The van der Waals surface area contributed by atoms with Gasteiger partial charge in [0.25, 0.3) is 5.69 Å². The molecule has 2 aromatic heterocycles. The summed E-state index contributed by atoms with van der Waals surface area (Å²) >= 11 is 0. The van der Waals surface area contributed by atoms with Crippen molar-refractivity contribution in [3.63, 3.8) is 0 Å². The molecule has 0 unspecified atom stereocenters. The largest absolute Gasteiger partial charge is 0.370 e. The highest BCUT2D eigenvalue weighted by Gasteiger charge is 2.06. The minimum absolute atomic E-state index is 0.0430. The summed E-state index contributed by atoms with van der Waals surface area (Å²) in [5, 5.41) is 16.9. The van der Waals surface area contributed by atoms with E-state index < -0.39 is 10.8 Å². The van der Waals surface area contributed by atoms with E-state index in [2.05, 4.69) is 25.6 Å². The molecule has 148 valence electrons. The number of primary amides is 1.